The zero-order chi connectivity index (χ0) is 15.3. The fourth-order valence-corrected chi connectivity index (χ4v) is 1.81. The number of halogens is 1. The molecule has 8 nitrogen and oxygen atoms in total. The van der Waals surface area contributed by atoms with Crippen molar-refractivity contribution in [3.05, 3.63) is 38.3 Å². The van der Waals surface area contributed by atoms with Gasteiger partial charge in [0, 0.05) is 24.7 Å². The molecule has 0 aromatic heterocycles. The van der Waals surface area contributed by atoms with Crippen molar-refractivity contribution < 1.29 is 24.7 Å². The number of carboxylic acid groups (broad SMARTS) is 1. The zero-order valence-electron chi connectivity index (χ0n) is 10.1. The Morgan fingerprint density at radius 1 is 1.45 bits per heavy atom. The lowest BCUT2D eigenvalue weighted by atomic mass is 10.1. The number of amides is 1. The molecule has 3 N–H and O–H groups in total. The molecule has 1 amide bonds. The van der Waals surface area contributed by atoms with E-state index in [0.717, 1.165) is 6.07 Å². The predicted octanol–water partition coefficient (Wildman–Crippen LogP) is 0.923. The topological polar surface area (TPSA) is 130 Å². The number of nitro benzene ring substituents is 1. The molecule has 108 valence electrons. The third-order valence-corrected chi connectivity index (χ3v) is 3.10. The van der Waals surface area contributed by atoms with E-state index in [2.05, 4.69) is 21.2 Å². The van der Waals surface area contributed by atoms with Crippen LogP contribution in [0.5, 0.6) is 0 Å². The highest BCUT2D eigenvalue weighted by Crippen LogP contribution is 2.25. The van der Waals surface area contributed by atoms with E-state index < -0.39 is 29.4 Å². The molecule has 0 aliphatic carbocycles. The molecule has 20 heavy (non-hydrogen) atoms. The maximum absolute atomic E-state index is 11.8. The second-order valence-electron chi connectivity index (χ2n) is 3.80. The van der Waals surface area contributed by atoms with Crippen LogP contribution in [0.3, 0.4) is 0 Å². The number of carbonyl (C=O) groups excluding carboxylic acids is 1. The number of nitro groups is 1. The largest absolute Gasteiger partial charge is 0.480 e. The Labute approximate surface area is 121 Å². The minimum Gasteiger partial charge on any atom is -0.480 e. The van der Waals surface area contributed by atoms with E-state index in [9.17, 15) is 19.7 Å². The average Bonchev–Trinajstić information content (AvgIpc) is 2.38. The van der Waals surface area contributed by atoms with Gasteiger partial charge >= 0.3 is 5.97 Å². The van der Waals surface area contributed by atoms with Crippen LogP contribution >= 0.6 is 15.9 Å². The number of nitrogens with zero attached hydrogens (tertiary/aromatic N) is 1. The quantitative estimate of drug-likeness (QED) is 0.518. The summed E-state index contributed by atoms with van der Waals surface area (Å²) in [5.74, 6) is -2.06. The van der Waals surface area contributed by atoms with Crippen molar-refractivity contribution in [2.45, 2.75) is 12.5 Å². The fraction of sp³-hybridized carbons (Fsp3) is 0.273. The number of aliphatic hydroxyl groups excluding tert-OH is 1. The summed E-state index contributed by atoms with van der Waals surface area (Å²) in [7, 11) is 0. The molecule has 0 spiro atoms. The lowest BCUT2D eigenvalue weighted by Gasteiger charge is -2.13. The van der Waals surface area contributed by atoms with E-state index in [0.29, 0.717) is 0 Å². The molecule has 1 aromatic carbocycles. The zero-order valence-corrected chi connectivity index (χ0v) is 11.7. The first-order valence-electron chi connectivity index (χ1n) is 5.45. The number of nitrogens with one attached hydrogen (secondary N) is 1. The maximum atomic E-state index is 11.8. The Morgan fingerprint density at radius 3 is 2.60 bits per heavy atom. The smallest absolute Gasteiger partial charge is 0.326 e. The molecular formula is C11H11BrN2O6. The summed E-state index contributed by atoms with van der Waals surface area (Å²) in [4.78, 5) is 32.8. The van der Waals surface area contributed by atoms with Crippen LogP contribution in [0.4, 0.5) is 5.69 Å². The molecule has 0 saturated heterocycles. The van der Waals surface area contributed by atoms with Crippen molar-refractivity contribution in [1.82, 2.24) is 5.32 Å². The number of aliphatic carboxylic acids is 1. The Morgan fingerprint density at radius 2 is 2.10 bits per heavy atom. The molecule has 0 aliphatic rings. The number of carboxylic acids is 1. The summed E-state index contributed by atoms with van der Waals surface area (Å²) in [6.45, 7) is -0.405. The van der Waals surface area contributed by atoms with E-state index in [4.69, 9.17) is 10.2 Å². The van der Waals surface area contributed by atoms with Crippen LogP contribution in [-0.2, 0) is 4.79 Å². The van der Waals surface area contributed by atoms with Crippen LogP contribution in [0, 0.1) is 10.1 Å². The summed E-state index contributed by atoms with van der Waals surface area (Å²) in [5, 5.41) is 30.5. The van der Waals surface area contributed by atoms with Gasteiger partial charge in [0.1, 0.15) is 6.04 Å². The molecule has 1 unspecified atom stereocenters. The van der Waals surface area contributed by atoms with E-state index in [-0.39, 0.29) is 22.1 Å². The van der Waals surface area contributed by atoms with Gasteiger partial charge < -0.3 is 15.5 Å². The Bertz CT molecular complexity index is 548. The minimum atomic E-state index is -1.29. The number of aliphatic hydroxyl groups is 1. The lowest BCUT2D eigenvalue weighted by Crippen LogP contribution is -2.41. The van der Waals surface area contributed by atoms with E-state index in [1.165, 1.54) is 12.1 Å². The van der Waals surface area contributed by atoms with Gasteiger partial charge in [-0.15, -0.1) is 0 Å². The minimum absolute atomic E-state index is 0.0379. The number of rotatable bonds is 6. The first-order valence-corrected chi connectivity index (χ1v) is 6.24. The van der Waals surface area contributed by atoms with Crippen molar-refractivity contribution in [1.29, 1.82) is 0 Å². The maximum Gasteiger partial charge on any atom is 0.326 e. The molecule has 1 rings (SSSR count). The van der Waals surface area contributed by atoms with Gasteiger partial charge in [-0.05, 0) is 28.1 Å². The van der Waals surface area contributed by atoms with Gasteiger partial charge in [0.05, 0.1) is 9.40 Å². The van der Waals surface area contributed by atoms with Crippen LogP contribution in [0.25, 0.3) is 0 Å². The highest BCUT2D eigenvalue weighted by atomic mass is 79.9. The summed E-state index contributed by atoms with van der Waals surface area (Å²) in [6.07, 6.45) is -0.153. The van der Waals surface area contributed by atoms with Crippen LogP contribution < -0.4 is 5.32 Å². The highest BCUT2D eigenvalue weighted by molar-refractivity contribution is 9.10. The second-order valence-corrected chi connectivity index (χ2v) is 4.65. The average molecular weight is 347 g/mol. The molecule has 9 heteroatoms. The summed E-state index contributed by atoms with van der Waals surface area (Å²) in [5.41, 5.74) is -0.337. The third kappa shape index (κ3) is 4.00. The Balaban J connectivity index is 2.95. The SMILES string of the molecule is O=C(NC(CCO)C(=O)O)c1ccc(Br)c([N+](=O)[O-])c1. The van der Waals surface area contributed by atoms with Gasteiger partial charge in [-0.25, -0.2) is 4.79 Å². The van der Waals surface area contributed by atoms with Crippen LogP contribution in [0.15, 0.2) is 22.7 Å². The Hall–Kier alpha value is -2.00. The molecule has 0 heterocycles. The monoisotopic (exact) mass is 346 g/mol. The van der Waals surface area contributed by atoms with Crippen molar-refractivity contribution in [2.75, 3.05) is 6.61 Å². The van der Waals surface area contributed by atoms with Crippen LogP contribution in [-0.4, -0.2) is 39.7 Å². The van der Waals surface area contributed by atoms with Gasteiger partial charge in [-0.1, -0.05) is 0 Å². The van der Waals surface area contributed by atoms with Crippen molar-refractivity contribution >= 4 is 33.5 Å². The molecule has 0 aliphatic heterocycles. The number of carbonyl (C=O) groups is 2. The molecular weight excluding hydrogens is 336 g/mol. The summed E-state index contributed by atoms with van der Waals surface area (Å²) < 4.78 is 0.212. The molecule has 0 bridgehead atoms. The Kier molecular flexibility index (Phi) is 5.59. The van der Waals surface area contributed by atoms with Gasteiger partial charge in [0.15, 0.2) is 0 Å². The highest BCUT2D eigenvalue weighted by Gasteiger charge is 2.22. The normalized spacial score (nSPS) is 11.7. The second kappa shape index (κ2) is 6.96. The number of hydrogen-bond donors (Lipinski definition) is 3. The standard InChI is InChI=1S/C11H11BrN2O6/c12-7-2-1-6(5-9(7)14(19)20)10(16)13-8(3-4-15)11(17)18/h1-2,5,8,15H,3-4H2,(H,13,16)(H,17,18). The first-order chi connectivity index (χ1) is 9.36. The van der Waals surface area contributed by atoms with Gasteiger partial charge in [0.2, 0.25) is 0 Å². The van der Waals surface area contributed by atoms with Crippen molar-refractivity contribution in [2.24, 2.45) is 0 Å². The molecule has 1 atom stereocenters. The molecule has 0 saturated carbocycles. The summed E-state index contributed by atoms with van der Waals surface area (Å²) >= 11 is 2.98. The number of hydrogen-bond acceptors (Lipinski definition) is 5. The van der Waals surface area contributed by atoms with Crippen molar-refractivity contribution in [3.8, 4) is 0 Å². The van der Waals surface area contributed by atoms with Crippen LogP contribution in [0.1, 0.15) is 16.8 Å². The van der Waals surface area contributed by atoms with Gasteiger partial charge in [-0.3, -0.25) is 14.9 Å². The fourth-order valence-electron chi connectivity index (χ4n) is 1.42. The van der Waals surface area contributed by atoms with Gasteiger partial charge in [0.25, 0.3) is 11.6 Å². The third-order valence-electron chi connectivity index (χ3n) is 2.43. The van der Waals surface area contributed by atoms with E-state index >= 15 is 0 Å². The molecule has 0 fully saturated rings. The van der Waals surface area contributed by atoms with E-state index in [1.807, 2.05) is 0 Å². The summed E-state index contributed by atoms with van der Waals surface area (Å²) in [6, 6.07) is 2.44. The van der Waals surface area contributed by atoms with Gasteiger partial charge in [-0.2, -0.15) is 0 Å². The number of benzene rings is 1. The van der Waals surface area contributed by atoms with Crippen LogP contribution in [0.2, 0.25) is 0 Å². The molecule has 0 radical (unpaired) electrons. The van der Waals surface area contributed by atoms with Crippen molar-refractivity contribution in [3.63, 3.8) is 0 Å². The first kappa shape index (κ1) is 16.1. The lowest BCUT2D eigenvalue weighted by molar-refractivity contribution is -0.385. The predicted molar refractivity (Wildman–Crippen MR) is 71.4 cm³/mol. The van der Waals surface area contributed by atoms with E-state index in [1.54, 1.807) is 0 Å². The molecule has 1 aromatic rings.